The molecule has 1 spiro atoms. The molecule has 0 N–H and O–H groups in total. The molecular formula is C9H13N3O3S2. The van der Waals surface area contributed by atoms with Gasteiger partial charge in [-0.05, 0) is 23.1 Å². The number of rotatable bonds is 3. The van der Waals surface area contributed by atoms with Crippen molar-refractivity contribution in [2.24, 2.45) is 10.4 Å². The molecule has 94 valence electrons. The van der Waals surface area contributed by atoms with Crippen LogP contribution in [0, 0.1) is 9.81 Å². The van der Waals surface area contributed by atoms with Crippen LogP contribution in [0.4, 0.5) is 0 Å². The molecule has 2 heterocycles. The minimum atomic E-state index is -0.637. The van der Waals surface area contributed by atoms with Gasteiger partial charge in [-0.3, -0.25) is 4.79 Å². The van der Waals surface area contributed by atoms with Crippen LogP contribution in [-0.2, 0) is 4.79 Å². The van der Waals surface area contributed by atoms with Crippen molar-refractivity contribution in [3.05, 3.63) is 9.81 Å². The highest BCUT2D eigenvalue weighted by Gasteiger charge is 2.48. The van der Waals surface area contributed by atoms with Crippen LogP contribution in [0.5, 0.6) is 0 Å². The summed E-state index contributed by atoms with van der Waals surface area (Å²) in [6.45, 7) is 0.0878. The molecule has 1 atom stereocenters. The van der Waals surface area contributed by atoms with Crippen LogP contribution in [-0.4, -0.2) is 45.6 Å². The van der Waals surface area contributed by atoms with E-state index in [4.69, 9.17) is 0 Å². The summed E-state index contributed by atoms with van der Waals surface area (Å²) in [5.41, 5.74) is 0. The van der Waals surface area contributed by atoms with E-state index in [9.17, 15) is 14.6 Å². The lowest BCUT2D eigenvalue weighted by Gasteiger charge is -2.31. The van der Waals surface area contributed by atoms with Crippen molar-refractivity contribution in [2.45, 2.75) is 23.1 Å². The highest BCUT2D eigenvalue weighted by molar-refractivity contribution is 8.18. The third kappa shape index (κ3) is 2.62. The highest BCUT2D eigenvalue weighted by atomic mass is 32.2. The van der Waals surface area contributed by atoms with Gasteiger partial charge >= 0.3 is 0 Å². The minimum Gasteiger partial charge on any atom is -0.313 e. The second-order valence-electron chi connectivity index (χ2n) is 4.06. The van der Waals surface area contributed by atoms with E-state index in [1.165, 1.54) is 4.90 Å². The third-order valence-corrected chi connectivity index (χ3v) is 6.26. The monoisotopic (exact) mass is 275 g/mol. The van der Waals surface area contributed by atoms with Crippen molar-refractivity contribution < 1.29 is 4.79 Å². The summed E-state index contributed by atoms with van der Waals surface area (Å²) in [5, 5.41) is 5.59. The van der Waals surface area contributed by atoms with Crippen LogP contribution in [0.25, 0.3) is 0 Å². The van der Waals surface area contributed by atoms with Crippen molar-refractivity contribution in [1.82, 2.24) is 4.90 Å². The molecule has 8 heteroatoms. The van der Waals surface area contributed by atoms with E-state index in [0.29, 0.717) is 13.0 Å². The summed E-state index contributed by atoms with van der Waals surface area (Å²) in [4.78, 5) is 34.0. The second-order valence-corrected chi connectivity index (χ2v) is 7.28. The van der Waals surface area contributed by atoms with E-state index < -0.39 is 18.6 Å². The van der Waals surface area contributed by atoms with Gasteiger partial charge in [0.05, 0.1) is 4.08 Å². The molecule has 0 aromatic heterocycles. The number of amides is 1. The van der Waals surface area contributed by atoms with Gasteiger partial charge < -0.3 is 4.90 Å². The fraction of sp³-hybridized carbons (Fsp3) is 0.889. The Morgan fingerprint density at radius 1 is 1.35 bits per heavy atom. The second kappa shape index (κ2) is 5.34. The molecule has 2 rings (SSSR count). The Kier molecular flexibility index (Phi) is 4.03. The summed E-state index contributed by atoms with van der Waals surface area (Å²) < 4.78 is -0.102. The third-order valence-electron chi connectivity index (χ3n) is 2.93. The Morgan fingerprint density at radius 2 is 2.06 bits per heavy atom. The van der Waals surface area contributed by atoms with Gasteiger partial charge in [-0.1, -0.05) is 5.18 Å². The summed E-state index contributed by atoms with van der Waals surface area (Å²) in [5.74, 6) is 1.70. The average molecular weight is 275 g/mol. The molecule has 2 saturated heterocycles. The summed E-state index contributed by atoms with van der Waals surface area (Å²) in [7, 11) is 0. The number of carbonyl (C=O) groups is 1. The molecule has 6 nitrogen and oxygen atoms in total. The van der Waals surface area contributed by atoms with Crippen molar-refractivity contribution >= 4 is 29.4 Å². The average Bonchev–Trinajstić information content (AvgIpc) is 2.69. The Labute approximate surface area is 107 Å². The number of hydrogen-bond donors (Lipinski definition) is 0. The first-order valence-corrected chi connectivity index (χ1v) is 7.37. The van der Waals surface area contributed by atoms with Crippen molar-refractivity contribution in [3.8, 4) is 0 Å². The number of thioether (sulfide) groups is 2. The number of hydrogen-bond acceptors (Lipinski definition) is 7. The maximum atomic E-state index is 11.7. The predicted octanol–water partition coefficient (Wildman–Crippen LogP) is 1.64. The number of carbonyl (C=O) groups excluding carboxylic acids is 1. The molecule has 2 aliphatic rings. The molecule has 1 amide bonds. The Hall–Kier alpha value is -0.630. The van der Waals surface area contributed by atoms with Crippen molar-refractivity contribution in [3.63, 3.8) is 0 Å². The SMILES string of the molecule is O=NCC(=O)N1CC2(C[C@H]1N=O)SCCCS2. The minimum absolute atomic E-state index is 0.102. The Balaban J connectivity index is 2.09. The first-order chi connectivity index (χ1) is 8.21. The molecule has 0 bridgehead atoms. The number of likely N-dealkylation sites (tertiary alicyclic amines) is 1. The largest absolute Gasteiger partial charge is 0.313 e. The zero-order valence-corrected chi connectivity index (χ0v) is 10.8. The molecule has 2 aliphatic heterocycles. The Morgan fingerprint density at radius 3 is 2.65 bits per heavy atom. The molecule has 0 unspecified atom stereocenters. The summed E-state index contributed by atoms with van der Waals surface area (Å²) >= 11 is 3.59. The zero-order chi connectivity index (χ0) is 12.3. The molecular weight excluding hydrogens is 262 g/mol. The van der Waals surface area contributed by atoms with Gasteiger partial charge in [-0.15, -0.1) is 28.4 Å². The van der Waals surface area contributed by atoms with Crippen LogP contribution < -0.4 is 0 Å². The van der Waals surface area contributed by atoms with Gasteiger partial charge in [-0.2, -0.15) is 4.91 Å². The lowest BCUT2D eigenvalue weighted by molar-refractivity contribution is -0.130. The number of nitroso groups, excluding NO2 is 2. The predicted molar refractivity (Wildman–Crippen MR) is 68.8 cm³/mol. The highest BCUT2D eigenvalue weighted by Crippen LogP contribution is 2.50. The molecule has 17 heavy (non-hydrogen) atoms. The molecule has 0 saturated carbocycles. The summed E-state index contributed by atoms with van der Waals surface area (Å²) in [6, 6.07) is 0. The van der Waals surface area contributed by atoms with Crippen LogP contribution >= 0.6 is 23.5 Å². The Bertz CT molecular complexity index is 333. The van der Waals surface area contributed by atoms with E-state index in [1.54, 1.807) is 23.5 Å². The lowest BCUT2D eigenvalue weighted by Crippen LogP contribution is -2.37. The quantitative estimate of drug-likeness (QED) is 0.732. The van der Waals surface area contributed by atoms with Crippen LogP contribution in [0.2, 0.25) is 0 Å². The first-order valence-electron chi connectivity index (χ1n) is 5.40. The van der Waals surface area contributed by atoms with E-state index in [2.05, 4.69) is 10.4 Å². The van der Waals surface area contributed by atoms with Crippen LogP contribution in [0.15, 0.2) is 10.4 Å². The van der Waals surface area contributed by atoms with Gasteiger partial charge in [0, 0.05) is 13.0 Å². The van der Waals surface area contributed by atoms with Gasteiger partial charge in [0.2, 0.25) is 5.91 Å². The molecule has 0 aliphatic carbocycles. The lowest BCUT2D eigenvalue weighted by atomic mass is 10.3. The van der Waals surface area contributed by atoms with E-state index in [0.717, 1.165) is 17.9 Å². The molecule has 0 radical (unpaired) electrons. The smallest absolute Gasteiger partial charge is 0.249 e. The van der Waals surface area contributed by atoms with E-state index in [1.807, 2.05) is 0 Å². The van der Waals surface area contributed by atoms with Crippen LogP contribution in [0.3, 0.4) is 0 Å². The maximum absolute atomic E-state index is 11.7. The topological polar surface area (TPSA) is 79.2 Å². The van der Waals surface area contributed by atoms with Crippen LogP contribution in [0.1, 0.15) is 12.8 Å². The van der Waals surface area contributed by atoms with Gasteiger partial charge in [0.25, 0.3) is 0 Å². The maximum Gasteiger partial charge on any atom is 0.249 e. The van der Waals surface area contributed by atoms with E-state index in [-0.39, 0.29) is 4.08 Å². The number of nitrogens with zero attached hydrogens (tertiary/aromatic N) is 3. The summed E-state index contributed by atoms with van der Waals surface area (Å²) in [6.07, 6.45) is 1.10. The fourth-order valence-electron chi connectivity index (χ4n) is 2.14. The van der Waals surface area contributed by atoms with E-state index >= 15 is 0 Å². The van der Waals surface area contributed by atoms with Crippen molar-refractivity contribution in [1.29, 1.82) is 0 Å². The first kappa shape index (κ1) is 12.8. The normalized spacial score (nSPS) is 27.1. The van der Waals surface area contributed by atoms with Crippen molar-refractivity contribution in [2.75, 3.05) is 24.6 Å². The van der Waals surface area contributed by atoms with Gasteiger partial charge in [0.1, 0.15) is 0 Å². The fourth-order valence-corrected chi connectivity index (χ4v) is 5.47. The van der Waals surface area contributed by atoms with Gasteiger partial charge in [0.15, 0.2) is 12.7 Å². The standard InChI is InChI=1S/C9H13N3O3S2/c13-8(5-10-14)12-6-9(4-7(12)11-15)16-2-1-3-17-9/h7H,1-6H2/t7-/m0/s1. The zero-order valence-electron chi connectivity index (χ0n) is 9.20. The molecule has 0 aromatic carbocycles. The molecule has 0 aromatic rings. The van der Waals surface area contributed by atoms with Gasteiger partial charge in [-0.25, -0.2) is 0 Å². The molecule has 2 fully saturated rings.